The summed E-state index contributed by atoms with van der Waals surface area (Å²) in [5, 5.41) is 0. The second-order valence-electron chi connectivity index (χ2n) is 6.24. The standard InChI is InChI=1S/C20H21FN2O2S/c1-15-5-2-3-8-18(15)26-14-19(24)22-9-11-23(12-10-22)20(25)16-6-4-7-17(21)13-16/h2-8,13H,9-12,14H2,1H3. The summed E-state index contributed by atoms with van der Waals surface area (Å²) < 4.78 is 13.3. The van der Waals surface area contributed by atoms with Crippen LogP contribution in [0.4, 0.5) is 4.39 Å². The molecule has 0 aliphatic carbocycles. The van der Waals surface area contributed by atoms with E-state index in [4.69, 9.17) is 0 Å². The summed E-state index contributed by atoms with van der Waals surface area (Å²) in [5.74, 6) is -0.136. The molecule has 1 saturated heterocycles. The smallest absolute Gasteiger partial charge is 0.254 e. The van der Waals surface area contributed by atoms with Gasteiger partial charge in [0, 0.05) is 36.6 Å². The number of piperazine rings is 1. The fourth-order valence-corrected chi connectivity index (χ4v) is 3.84. The molecule has 1 heterocycles. The second-order valence-corrected chi connectivity index (χ2v) is 7.25. The van der Waals surface area contributed by atoms with Crippen molar-refractivity contribution in [1.82, 2.24) is 9.80 Å². The van der Waals surface area contributed by atoms with Gasteiger partial charge in [-0.15, -0.1) is 11.8 Å². The van der Waals surface area contributed by atoms with Crippen molar-refractivity contribution in [3.8, 4) is 0 Å². The molecule has 2 aromatic carbocycles. The van der Waals surface area contributed by atoms with Crippen molar-refractivity contribution in [3.63, 3.8) is 0 Å². The van der Waals surface area contributed by atoms with E-state index < -0.39 is 5.82 Å². The molecule has 0 N–H and O–H groups in total. The topological polar surface area (TPSA) is 40.6 Å². The third-order valence-electron chi connectivity index (χ3n) is 4.44. The van der Waals surface area contributed by atoms with E-state index in [2.05, 4.69) is 0 Å². The van der Waals surface area contributed by atoms with Crippen molar-refractivity contribution in [2.24, 2.45) is 0 Å². The van der Waals surface area contributed by atoms with Gasteiger partial charge >= 0.3 is 0 Å². The van der Waals surface area contributed by atoms with Crippen LogP contribution in [0.1, 0.15) is 15.9 Å². The number of carbonyl (C=O) groups excluding carboxylic acids is 2. The number of rotatable bonds is 4. The van der Waals surface area contributed by atoms with Crippen molar-refractivity contribution in [2.75, 3.05) is 31.9 Å². The fourth-order valence-electron chi connectivity index (χ4n) is 2.91. The van der Waals surface area contributed by atoms with Gasteiger partial charge in [0.2, 0.25) is 5.91 Å². The van der Waals surface area contributed by atoms with Crippen molar-refractivity contribution in [3.05, 3.63) is 65.5 Å². The van der Waals surface area contributed by atoms with Gasteiger partial charge in [0.05, 0.1) is 5.75 Å². The van der Waals surface area contributed by atoms with Gasteiger partial charge in [-0.05, 0) is 36.8 Å². The van der Waals surface area contributed by atoms with Crippen LogP contribution in [-0.2, 0) is 4.79 Å². The lowest BCUT2D eigenvalue weighted by atomic mass is 10.1. The number of nitrogens with zero attached hydrogens (tertiary/aromatic N) is 2. The van der Waals surface area contributed by atoms with Crippen LogP contribution in [0.25, 0.3) is 0 Å². The summed E-state index contributed by atoms with van der Waals surface area (Å²) in [5.41, 5.74) is 1.51. The number of benzene rings is 2. The molecule has 0 saturated carbocycles. The Bertz CT molecular complexity index is 804. The number of amides is 2. The molecule has 2 amide bonds. The van der Waals surface area contributed by atoms with E-state index in [1.807, 2.05) is 31.2 Å². The first-order chi connectivity index (χ1) is 12.5. The summed E-state index contributed by atoms with van der Waals surface area (Å²) >= 11 is 1.54. The number of thioether (sulfide) groups is 1. The quantitative estimate of drug-likeness (QED) is 0.774. The maximum atomic E-state index is 13.3. The average Bonchev–Trinajstić information content (AvgIpc) is 2.66. The van der Waals surface area contributed by atoms with Gasteiger partial charge in [-0.3, -0.25) is 9.59 Å². The van der Waals surface area contributed by atoms with Crippen LogP contribution in [0.5, 0.6) is 0 Å². The Morgan fingerprint density at radius 2 is 1.69 bits per heavy atom. The Hall–Kier alpha value is -2.34. The molecule has 136 valence electrons. The molecule has 1 fully saturated rings. The normalized spacial score (nSPS) is 14.4. The highest BCUT2D eigenvalue weighted by atomic mass is 32.2. The number of carbonyl (C=O) groups is 2. The van der Waals surface area contributed by atoms with Gasteiger partial charge < -0.3 is 9.80 Å². The summed E-state index contributed by atoms with van der Waals surface area (Å²) in [4.78, 5) is 29.4. The van der Waals surface area contributed by atoms with Gasteiger partial charge in [0.15, 0.2) is 0 Å². The molecule has 0 bridgehead atoms. The van der Waals surface area contributed by atoms with Gasteiger partial charge in [-0.2, -0.15) is 0 Å². The zero-order chi connectivity index (χ0) is 18.5. The van der Waals surface area contributed by atoms with Crippen LogP contribution in [0, 0.1) is 12.7 Å². The third kappa shape index (κ3) is 4.43. The fraction of sp³-hybridized carbons (Fsp3) is 0.300. The first-order valence-corrected chi connectivity index (χ1v) is 9.54. The minimum atomic E-state index is -0.419. The Morgan fingerprint density at radius 3 is 2.38 bits per heavy atom. The molecule has 1 aliphatic heterocycles. The van der Waals surface area contributed by atoms with E-state index in [1.54, 1.807) is 27.6 Å². The van der Waals surface area contributed by atoms with Crippen LogP contribution < -0.4 is 0 Å². The number of aryl methyl sites for hydroxylation is 1. The zero-order valence-corrected chi connectivity index (χ0v) is 15.5. The third-order valence-corrected chi connectivity index (χ3v) is 5.60. The summed E-state index contributed by atoms with van der Waals surface area (Å²) in [7, 11) is 0. The highest BCUT2D eigenvalue weighted by Crippen LogP contribution is 2.22. The maximum Gasteiger partial charge on any atom is 0.254 e. The summed E-state index contributed by atoms with van der Waals surface area (Å²) in [6.07, 6.45) is 0. The van der Waals surface area contributed by atoms with Crippen LogP contribution in [0.15, 0.2) is 53.4 Å². The minimum Gasteiger partial charge on any atom is -0.338 e. The van der Waals surface area contributed by atoms with Crippen molar-refractivity contribution in [2.45, 2.75) is 11.8 Å². The largest absolute Gasteiger partial charge is 0.338 e. The Kier molecular flexibility index (Phi) is 5.93. The van der Waals surface area contributed by atoms with Crippen molar-refractivity contribution < 1.29 is 14.0 Å². The number of hydrogen-bond donors (Lipinski definition) is 0. The Labute approximate surface area is 157 Å². The molecule has 4 nitrogen and oxygen atoms in total. The highest BCUT2D eigenvalue weighted by Gasteiger charge is 2.25. The zero-order valence-electron chi connectivity index (χ0n) is 14.7. The molecule has 26 heavy (non-hydrogen) atoms. The molecule has 0 unspecified atom stereocenters. The predicted molar refractivity (Wildman–Crippen MR) is 101 cm³/mol. The lowest BCUT2D eigenvalue weighted by Crippen LogP contribution is -2.51. The molecular formula is C20H21FN2O2S. The molecule has 0 radical (unpaired) electrons. The second kappa shape index (κ2) is 8.36. The summed E-state index contributed by atoms with van der Waals surface area (Å²) in [6, 6.07) is 13.7. The maximum absolute atomic E-state index is 13.3. The highest BCUT2D eigenvalue weighted by molar-refractivity contribution is 8.00. The lowest BCUT2D eigenvalue weighted by Gasteiger charge is -2.34. The van der Waals surface area contributed by atoms with Crippen LogP contribution in [0.3, 0.4) is 0 Å². The Balaban J connectivity index is 1.51. The molecule has 0 atom stereocenters. The Morgan fingerprint density at radius 1 is 1.00 bits per heavy atom. The molecule has 6 heteroatoms. The van der Waals surface area contributed by atoms with E-state index in [0.717, 1.165) is 10.5 Å². The van der Waals surface area contributed by atoms with E-state index in [-0.39, 0.29) is 11.8 Å². The van der Waals surface area contributed by atoms with E-state index in [9.17, 15) is 14.0 Å². The SMILES string of the molecule is Cc1ccccc1SCC(=O)N1CCN(C(=O)c2cccc(F)c2)CC1. The predicted octanol–water partition coefficient (Wildman–Crippen LogP) is 3.21. The van der Waals surface area contributed by atoms with Crippen LogP contribution in [0.2, 0.25) is 0 Å². The van der Waals surface area contributed by atoms with Gasteiger partial charge in [0.1, 0.15) is 5.82 Å². The monoisotopic (exact) mass is 372 g/mol. The number of halogens is 1. The van der Waals surface area contributed by atoms with Crippen molar-refractivity contribution >= 4 is 23.6 Å². The molecule has 2 aromatic rings. The number of hydrogen-bond acceptors (Lipinski definition) is 3. The van der Waals surface area contributed by atoms with E-state index in [0.29, 0.717) is 37.5 Å². The minimum absolute atomic E-state index is 0.0797. The molecule has 3 rings (SSSR count). The molecular weight excluding hydrogens is 351 g/mol. The van der Waals surface area contributed by atoms with Crippen molar-refractivity contribution in [1.29, 1.82) is 0 Å². The van der Waals surface area contributed by atoms with E-state index >= 15 is 0 Å². The lowest BCUT2D eigenvalue weighted by molar-refractivity contribution is -0.129. The molecule has 1 aliphatic rings. The van der Waals surface area contributed by atoms with Crippen LogP contribution in [-0.4, -0.2) is 53.5 Å². The van der Waals surface area contributed by atoms with Gasteiger partial charge in [-0.1, -0.05) is 24.3 Å². The van der Waals surface area contributed by atoms with Gasteiger partial charge in [-0.25, -0.2) is 4.39 Å². The first kappa shape index (κ1) is 18.5. The average molecular weight is 372 g/mol. The molecule has 0 aromatic heterocycles. The van der Waals surface area contributed by atoms with Crippen LogP contribution >= 0.6 is 11.8 Å². The summed E-state index contributed by atoms with van der Waals surface area (Å²) in [6.45, 7) is 3.98. The first-order valence-electron chi connectivity index (χ1n) is 8.55. The van der Waals surface area contributed by atoms with Gasteiger partial charge in [0.25, 0.3) is 5.91 Å². The van der Waals surface area contributed by atoms with E-state index in [1.165, 1.54) is 18.2 Å². The molecule has 0 spiro atoms.